The molecule has 0 aliphatic carbocycles. The molecule has 0 unspecified atom stereocenters. The zero-order valence-corrected chi connectivity index (χ0v) is 12.1. The number of amides is 1. The fourth-order valence-electron chi connectivity index (χ4n) is 1.41. The quantitative estimate of drug-likeness (QED) is 0.923. The fourth-order valence-corrected chi connectivity index (χ4v) is 2.84. The van der Waals surface area contributed by atoms with Crippen LogP contribution in [0.15, 0.2) is 16.0 Å². The highest BCUT2D eigenvalue weighted by Gasteiger charge is 2.15. The Labute approximate surface area is 116 Å². The van der Waals surface area contributed by atoms with E-state index in [4.69, 9.17) is 5.26 Å². The number of rotatable bonds is 2. The lowest BCUT2D eigenvalue weighted by Crippen LogP contribution is -2.14. The Balaban J connectivity index is 2.27. The maximum absolute atomic E-state index is 12.0. The first-order chi connectivity index (χ1) is 8.52. The van der Waals surface area contributed by atoms with Gasteiger partial charge in [-0.25, -0.2) is 0 Å². The van der Waals surface area contributed by atoms with Crippen molar-refractivity contribution in [1.29, 1.82) is 5.26 Å². The Hall–Kier alpha value is -1.65. The van der Waals surface area contributed by atoms with Crippen molar-refractivity contribution in [3.05, 3.63) is 32.1 Å². The monoisotopic (exact) mass is 324 g/mol. The molecule has 18 heavy (non-hydrogen) atoms. The second kappa shape index (κ2) is 4.92. The summed E-state index contributed by atoms with van der Waals surface area (Å²) in [7, 11) is 1.67. The second-order valence-corrected chi connectivity index (χ2v) is 6.03. The van der Waals surface area contributed by atoms with Gasteiger partial charge in [-0.05, 0) is 34.5 Å². The fraction of sp³-hybridized carbons (Fsp3) is 0.182. The van der Waals surface area contributed by atoms with Gasteiger partial charge in [0.2, 0.25) is 0 Å². The van der Waals surface area contributed by atoms with Gasteiger partial charge < -0.3 is 5.32 Å². The molecular formula is C11H9BrN4OS. The van der Waals surface area contributed by atoms with Crippen LogP contribution in [-0.2, 0) is 7.05 Å². The van der Waals surface area contributed by atoms with Gasteiger partial charge in [0.25, 0.3) is 5.91 Å². The van der Waals surface area contributed by atoms with Crippen LogP contribution in [0, 0.1) is 18.3 Å². The van der Waals surface area contributed by atoms with Gasteiger partial charge >= 0.3 is 0 Å². The normalized spacial score (nSPS) is 10.1. The summed E-state index contributed by atoms with van der Waals surface area (Å²) >= 11 is 4.73. The highest BCUT2D eigenvalue weighted by atomic mass is 79.9. The van der Waals surface area contributed by atoms with E-state index in [1.54, 1.807) is 13.1 Å². The molecule has 0 aliphatic rings. The molecule has 1 amide bonds. The van der Waals surface area contributed by atoms with Crippen molar-refractivity contribution in [3.63, 3.8) is 0 Å². The number of carbonyl (C=O) groups is 1. The molecule has 2 rings (SSSR count). The predicted molar refractivity (Wildman–Crippen MR) is 72.6 cm³/mol. The molecule has 5 nitrogen and oxygen atoms in total. The number of halogens is 1. The van der Waals surface area contributed by atoms with Crippen LogP contribution in [0.25, 0.3) is 0 Å². The number of nitriles is 1. The first-order valence-electron chi connectivity index (χ1n) is 5.02. The number of hydrogen-bond donors (Lipinski definition) is 1. The summed E-state index contributed by atoms with van der Waals surface area (Å²) in [5.41, 5.74) is 1.36. The third-order valence-electron chi connectivity index (χ3n) is 2.37. The predicted octanol–water partition coefficient (Wildman–Crippen LogP) is 2.68. The van der Waals surface area contributed by atoms with Crippen LogP contribution in [0.1, 0.15) is 20.8 Å². The number of nitrogens with zero attached hydrogens (tertiary/aromatic N) is 3. The molecule has 2 aromatic heterocycles. The Morgan fingerprint density at radius 2 is 2.39 bits per heavy atom. The molecule has 0 aromatic carbocycles. The summed E-state index contributed by atoms with van der Waals surface area (Å²) in [5.74, 6) is 0.165. The average Bonchev–Trinajstić information content (AvgIpc) is 2.85. The van der Waals surface area contributed by atoms with Crippen molar-refractivity contribution in [1.82, 2.24) is 9.78 Å². The van der Waals surface area contributed by atoms with E-state index in [1.807, 2.05) is 13.0 Å². The maximum Gasteiger partial charge on any atom is 0.266 e. The standard InChI is InChI=1S/C11H9BrN4OS/c1-6-3-8(18-9(6)12)11(17)15-10-7(4-13)5-14-16(10)2/h3,5H,1-2H3,(H,15,17). The van der Waals surface area contributed by atoms with E-state index in [9.17, 15) is 4.79 Å². The summed E-state index contributed by atoms with van der Waals surface area (Å²) < 4.78 is 2.39. The number of hydrogen-bond acceptors (Lipinski definition) is 4. The van der Waals surface area contributed by atoms with Crippen LogP contribution >= 0.6 is 27.3 Å². The van der Waals surface area contributed by atoms with Gasteiger partial charge in [-0.15, -0.1) is 11.3 Å². The number of aromatic nitrogens is 2. The van der Waals surface area contributed by atoms with Crippen molar-refractivity contribution in [2.75, 3.05) is 5.32 Å². The average molecular weight is 325 g/mol. The van der Waals surface area contributed by atoms with Crippen LogP contribution in [0.3, 0.4) is 0 Å². The third-order valence-corrected chi connectivity index (χ3v) is 4.51. The number of aryl methyl sites for hydroxylation is 2. The van der Waals surface area contributed by atoms with E-state index in [0.717, 1.165) is 9.35 Å². The van der Waals surface area contributed by atoms with E-state index in [2.05, 4.69) is 26.3 Å². The minimum Gasteiger partial charge on any atom is -0.305 e. The highest BCUT2D eigenvalue weighted by Crippen LogP contribution is 2.28. The van der Waals surface area contributed by atoms with Gasteiger partial charge in [-0.3, -0.25) is 9.48 Å². The smallest absolute Gasteiger partial charge is 0.266 e. The summed E-state index contributed by atoms with van der Waals surface area (Å²) in [4.78, 5) is 12.6. The minimum atomic E-state index is -0.242. The Kier molecular flexibility index (Phi) is 3.50. The third kappa shape index (κ3) is 2.30. The van der Waals surface area contributed by atoms with Crippen LogP contribution in [0.4, 0.5) is 5.82 Å². The largest absolute Gasteiger partial charge is 0.305 e. The molecule has 0 saturated heterocycles. The molecule has 7 heteroatoms. The van der Waals surface area contributed by atoms with E-state index in [0.29, 0.717) is 16.3 Å². The van der Waals surface area contributed by atoms with Gasteiger partial charge in [0.15, 0.2) is 0 Å². The van der Waals surface area contributed by atoms with Crippen molar-refractivity contribution < 1.29 is 4.79 Å². The second-order valence-electron chi connectivity index (χ2n) is 3.66. The van der Waals surface area contributed by atoms with Crippen molar-refractivity contribution >= 4 is 39.0 Å². The molecule has 1 N–H and O–H groups in total. The lowest BCUT2D eigenvalue weighted by molar-refractivity contribution is 0.102. The van der Waals surface area contributed by atoms with Gasteiger partial charge in [0.1, 0.15) is 17.5 Å². The van der Waals surface area contributed by atoms with Crippen LogP contribution in [0.2, 0.25) is 0 Å². The molecule has 0 bridgehead atoms. The summed E-state index contributed by atoms with van der Waals surface area (Å²) in [6, 6.07) is 3.78. The molecule has 0 radical (unpaired) electrons. The van der Waals surface area contributed by atoms with Crippen LogP contribution in [0.5, 0.6) is 0 Å². The van der Waals surface area contributed by atoms with Crippen LogP contribution in [-0.4, -0.2) is 15.7 Å². The molecule has 0 aliphatic heterocycles. The summed E-state index contributed by atoms with van der Waals surface area (Å²) in [6.07, 6.45) is 1.42. The van der Waals surface area contributed by atoms with Gasteiger partial charge in [0.05, 0.1) is 14.9 Å². The molecule has 92 valence electrons. The van der Waals surface area contributed by atoms with E-state index in [1.165, 1.54) is 22.2 Å². The first kappa shape index (κ1) is 12.8. The van der Waals surface area contributed by atoms with E-state index >= 15 is 0 Å². The maximum atomic E-state index is 12.0. The molecule has 0 saturated carbocycles. The molecular weight excluding hydrogens is 316 g/mol. The molecule has 0 atom stereocenters. The zero-order chi connectivity index (χ0) is 13.3. The number of anilines is 1. The highest BCUT2D eigenvalue weighted by molar-refractivity contribution is 9.11. The van der Waals surface area contributed by atoms with Crippen molar-refractivity contribution in [3.8, 4) is 6.07 Å². The molecule has 0 spiro atoms. The minimum absolute atomic E-state index is 0.242. The number of thiophene rings is 1. The molecule has 2 aromatic rings. The first-order valence-corrected chi connectivity index (χ1v) is 6.63. The lowest BCUT2D eigenvalue weighted by atomic mass is 10.3. The van der Waals surface area contributed by atoms with Gasteiger partial charge in [0, 0.05) is 7.05 Å². The Morgan fingerprint density at radius 1 is 1.67 bits per heavy atom. The lowest BCUT2D eigenvalue weighted by Gasteiger charge is -2.03. The van der Waals surface area contributed by atoms with Crippen molar-refractivity contribution in [2.24, 2.45) is 7.05 Å². The van der Waals surface area contributed by atoms with Crippen molar-refractivity contribution in [2.45, 2.75) is 6.92 Å². The van der Waals surface area contributed by atoms with Gasteiger partial charge in [-0.2, -0.15) is 10.4 Å². The summed E-state index contributed by atoms with van der Waals surface area (Å²) in [6.45, 7) is 1.92. The van der Waals surface area contributed by atoms with Gasteiger partial charge in [-0.1, -0.05) is 0 Å². The van der Waals surface area contributed by atoms with Crippen LogP contribution < -0.4 is 5.32 Å². The number of carbonyl (C=O) groups excluding carboxylic acids is 1. The molecule has 2 heterocycles. The Bertz CT molecular complexity index is 633. The van der Waals surface area contributed by atoms with E-state index < -0.39 is 0 Å². The zero-order valence-electron chi connectivity index (χ0n) is 9.69. The number of nitrogens with one attached hydrogen (secondary N) is 1. The summed E-state index contributed by atoms with van der Waals surface area (Å²) in [5, 5.41) is 15.5. The SMILES string of the molecule is Cc1cc(C(=O)Nc2c(C#N)cnn2C)sc1Br. The van der Waals surface area contributed by atoms with E-state index in [-0.39, 0.29) is 5.91 Å². The molecule has 0 fully saturated rings. The Morgan fingerprint density at radius 3 is 2.94 bits per heavy atom. The topological polar surface area (TPSA) is 70.7 Å².